The lowest BCUT2D eigenvalue weighted by molar-refractivity contribution is -0.131. The zero-order valence-corrected chi connectivity index (χ0v) is 28.4. The fraction of sp³-hybridized carbons (Fsp3) is 0.486. The molecule has 0 saturated carbocycles. The highest BCUT2D eigenvalue weighted by Gasteiger charge is 2.22. The molecule has 0 spiro atoms. The highest BCUT2D eigenvalue weighted by molar-refractivity contribution is 6.31. The lowest BCUT2D eigenvalue weighted by Crippen LogP contribution is -2.40. The zero-order valence-electron chi connectivity index (χ0n) is 26.8. The quantitative estimate of drug-likeness (QED) is 0.160. The zero-order chi connectivity index (χ0) is 31.7. The lowest BCUT2D eigenvalue weighted by Gasteiger charge is -2.30. The molecule has 6 rings (SSSR count). The molecule has 2 fully saturated rings. The number of unbranched alkanes of at least 4 members (excludes halogenated alkanes) is 4. The van der Waals surface area contributed by atoms with Crippen molar-refractivity contribution in [3.05, 3.63) is 71.0 Å². The van der Waals surface area contributed by atoms with Crippen LogP contribution in [0.3, 0.4) is 0 Å². The number of hydrogen-bond acceptors (Lipinski definition) is 6. The first-order chi connectivity index (χ1) is 22.5. The van der Waals surface area contributed by atoms with E-state index in [1.54, 1.807) is 0 Å². The summed E-state index contributed by atoms with van der Waals surface area (Å²) in [6.07, 6.45) is 14.2. The number of pyridine rings is 2. The molecule has 4 heterocycles. The number of carbonyl (C=O) groups is 1. The van der Waals surface area contributed by atoms with Crippen molar-refractivity contribution in [3.63, 3.8) is 0 Å². The van der Waals surface area contributed by atoms with Crippen LogP contribution in [0.15, 0.2) is 60.9 Å². The second-order valence-electron chi connectivity index (χ2n) is 12.8. The molecule has 4 aromatic rings. The Morgan fingerprint density at radius 2 is 1.13 bits per heavy atom. The second kappa shape index (κ2) is 16.1. The molecular weight excluding hydrogens is 615 g/mol. The van der Waals surface area contributed by atoms with Crippen LogP contribution in [-0.2, 0) is 4.79 Å². The van der Waals surface area contributed by atoms with Gasteiger partial charge in [-0.1, -0.05) is 48.9 Å². The largest absolute Gasteiger partial charge is 0.367 e. The summed E-state index contributed by atoms with van der Waals surface area (Å²) < 4.78 is 0. The molecule has 0 aliphatic carbocycles. The van der Waals surface area contributed by atoms with Crippen LogP contribution in [0.4, 0.5) is 11.4 Å². The van der Waals surface area contributed by atoms with E-state index in [0.717, 1.165) is 72.2 Å². The molecular formula is C37H46Cl2N6O. The van der Waals surface area contributed by atoms with Crippen LogP contribution in [0.5, 0.6) is 0 Å². The first-order valence-corrected chi connectivity index (χ1v) is 17.9. The van der Waals surface area contributed by atoms with Gasteiger partial charge < -0.3 is 19.6 Å². The number of nitrogens with zero attached hydrogens (tertiary/aromatic N) is 6. The predicted molar refractivity (Wildman–Crippen MR) is 193 cm³/mol. The number of rotatable bonds is 10. The van der Waals surface area contributed by atoms with E-state index in [1.807, 2.05) is 36.7 Å². The average molecular weight is 662 g/mol. The van der Waals surface area contributed by atoms with E-state index in [4.69, 9.17) is 23.2 Å². The number of likely N-dealkylation sites (tertiary alicyclic amines) is 1. The number of amides is 1. The number of fused-ring (bicyclic) bond motifs is 2. The third-order valence-corrected chi connectivity index (χ3v) is 10.1. The fourth-order valence-electron chi connectivity index (χ4n) is 7.04. The van der Waals surface area contributed by atoms with E-state index >= 15 is 0 Å². The van der Waals surface area contributed by atoms with Crippen LogP contribution in [0.2, 0.25) is 10.0 Å². The van der Waals surface area contributed by atoms with E-state index in [2.05, 4.69) is 53.8 Å². The maximum atomic E-state index is 13.7. The summed E-state index contributed by atoms with van der Waals surface area (Å²) in [6, 6.07) is 16.0. The van der Waals surface area contributed by atoms with Crippen LogP contribution in [-0.4, -0.2) is 84.6 Å². The fourth-order valence-corrected chi connectivity index (χ4v) is 7.37. The van der Waals surface area contributed by atoms with Crippen molar-refractivity contribution in [2.75, 3.05) is 68.7 Å². The van der Waals surface area contributed by atoms with Crippen LogP contribution < -0.4 is 9.80 Å². The molecule has 244 valence electrons. The van der Waals surface area contributed by atoms with Gasteiger partial charge in [0.2, 0.25) is 5.91 Å². The summed E-state index contributed by atoms with van der Waals surface area (Å²) in [6.45, 7) is 8.28. The van der Waals surface area contributed by atoms with Crippen molar-refractivity contribution in [2.24, 2.45) is 0 Å². The molecule has 0 N–H and O–H groups in total. The Morgan fingerprint density at radius 3 is 1.72 bits per heavy atom. The predicted octanol–water partition coefficient (Wildman–Crippen LogP) is 8.07. The lowest BCUT2D eigenvalue weighted by atomic mass is 10.1. The Bertz CT molecular complexity index is 1510. The number of aromatic nitrogens is 2. The van der Waals surface area contributed by atoms with Crippen molar-refractivity contribution in [1.82, 2.24) is 19.8 Å². The van der Waals surface area contributed by atoms with Crippen LogP contribution in [0, 0.1) is 0 Å². The van der Waals surface area contributed by atoms with E-state index in [0.29, 0.717) is 29.6 Å². The topological polar surface area (TPSA) is 55.8 Å². The summed E-state index contributed by atoms with van der Waals surface area (Å²) in [7, 11) is 0. The smallest absolute Gasteiger partial charge is 0.222 e. The molecule has 0 bridgehead atoms. The molecule has 2 aromatic carbocycles. The highest BCUT2D eigenvalue weighted by atomic mass is 35.5. The summed E-state index contributed by atoms with van der Waals surface area (Å²) in [5.74, 6) is 0.257. The van der Waals surface area contributed by atoms with E-state index in [1.165, 1.54) is 58.2 Å². The van der Waals surface area contributed by atoms with Crippen molar-refractivity contribution >= 4 is 62.3 Å². The molecule has 2 aromatic heterocycles. The van der Waals surface area contributed by atoms with Crippen molar-refractivity contribution in [2.45, 2.75) is 57.8 Å². The first-order valence-electron chi connectivity index (χ1n) is 17.1. The molecule has 2 saturated heterocycles. The van der Waals surface area contributed by atoms with E-state index in [9.17, 15) is 4.79 Å². The van der Waals surface area contributed by atoms with Gasteiger partial charge in [0.05, 0.1) is 11.0 Å². The van der Waals surface area contributed by atoms with Crippen LogP contribution in [0.25, 0.3) is 21.8 Å². The van der Waals surface area contributed by atoms with Crippen molar-refractivity contribution < 1.29 is 4.79 Å². The van der Waals surface area contributed by atoms with Gasteiger partial charge in [0, 0.05) is 90.3 Å². The number of halogens is 2. The molecule has 46 heavy (non-hydrogen) atoms. The SMILES string of the molecule is O=C(CCCCCCCN1CCCCC1)N1CCN(c2ccnc3cc(Cl)ccc23)CCN(c2ccnc3cc(Cl)ccc23)CC1. The number of anilines is 2. The Balaban J connectivity index is 1.14. The maximum absolute atomic E-state index is 13.7. The van der Waals surface area contributed by atoms with Gasteiger partial charge in [-0.2, -0.15) is 0 Å². The maximum Gasteiger partial charge on any atom is 0.222 e. The van der Waals surface area contributed by atoms with Gasteiger partial charge in [-0.25, -0.2) is 0 Å². The third-order valence-electron chi connectivity index (χ3n) is 9.63. The standard InChI is InChI=1S/C37H46Cl2N6O/c38-29-10-12-31-33(27-29)40-16-14-35(31)43-21-22-44(36-15-17-41-34-28-30(39)11-13-32(34)36)24-26-45(25-23-43)37(46)9-5-2-1-3-6-18-42-19-7-4-8-20-42/h10-17,27-28H,1-9,18-26H2. The minimum Gasteiger partial charge on any atom is -0.367 e. The van der Waals surface area contributed by atoms with Gasteiger partial charge in [0.25, 0.3) is 0 Å². The molecule has 1 amide bonds. The number of carbonyl (C=O) groups excluding carboxylic acids is 1. The van der Waals surface area contributed by atoms with Gasteiger partial charge in [-0.15, -0.1) is 0 Å². The Morgan fingerprint density at radius 1 is 0.609 bits per heavy atom. The van der Waals surface area contributed by atoms with E-state index < -0.39 is 0 Å². The van der Waals surface area contributed by atoms with Gasteiger partial charge >= 0.3 is 0 Å². The van der Waals surface area contributed by atoms with E-state index in [-0.39, 0.29) is 5.91 Å². The average Bonchev–Trinajstić information content (AvgIpc) is 3.18. The molecule has 2 aliphatic rings. The Labute approximate surface area is 283 Å². The van der Waals surface area contributed by atoms with Gasteiger partial charge in [-0.3, -0.25) is 14.8 Å². The molecule has 0 radical (unpaired) electrons. The first kappa shape index (κ1) is 32.8. The molecule has 0 unspecified atom stereocenters. The summed E-state index contributed by atoms with van der Waals surface area (Å²) in [5, 5.41) is 3.49. The monoisotopic (exact) mass is 660 g/mol. The highest BCUT2D eigenvalue weighted by Crippen LogP contribution is 2.30. The number of piperidine rings is 1. The molecule has 7 nitrogen and oxygen atoms in total. The third kappa shape index (κ3) is 8.41. The van der Waals surface area contributed by atoms with Gasteiger partial charge in [-0.05, 0) is 93.8 Å². The van der Waals surface area contributed by atoms with Gasteiger partial charge in [0.15, 0.2) is 0 Å². The molecule has 2 aliphatic heterocycles. The minimum absolute atomic E-state index is 0.257. The van der Waals surface area contributed by atoms with Crippen molar-refractivity contribution in [3.8, 4) is 0 Å². The second-order valence-corrected chi connectivity index (χ2v) is 13.6. The molecule has 0 atom stereocenters. The normalized spacial score (nSPS) is 16.9. The number of hydrogen-bond donors (Lipinski definition) is 0. The Hall–Kier alpha value is -3.13. The molecule has 9 heteroatoms. The summed E-state index contributed by atoms with van der Waals surface area (Å²) in [4.78, 5) is 32.4. The van der Waals surface area contributed by atoms with Crippen LogP contribution in [0.1, 0.15) is 57.8 Å². The van der Waals surface area contributed by atoms with Gasteiger partial charge in [0.1, 0.15) is 0 Å². The van der Waals surface area contributed by atoms with Crippen LogP contribution >= 0.6 is 23.2 Å². The number of benzene rings is 2. The minimum atomic E-state index is 0.257. The summed E-state index contributed by atoms with van der Waals surface area (Å²) in [5.41, 5.74) is 3.99. The Kier molecular flexibility index (Phi) is 11.5. The van der Waals surface area contributed by atoms with Crippen molar-refractivity contribution in [1.29, 1.82) is 0 Å². The summed E-state index contributed by atoms with van der Waals surface area (Å²) >= 11 is 12.6.